The molecule has 0 spiro atoms. The highest BCUT2D eigenvalue weighted by atomic mass is 32.2. The number of sulfonamides is 1. The molecule has 0 atom stereocenters. The van der Waals surface area contributed by atoms with Crippen molar-refractivity contribution in [3.63, 3.8) is 0 Å². The standard InChI is InChI=1S/C22H32N4O6S/c1-6-32-21(29)26-11-9-15(10-12-26)23-19(27)14-24(4)33(30,31)16-7-8-18-17(13-16)22(2,3)20(28)25(18)5/h7-8,13,15H,6,9-12,14H2,1-5H3,(H,23,27). The quantitative estimate of drug-likeness (QED) is 0.656. The Balaban J connectivity index is 1.62. The Morgan fingerprint density at radius 3 is 2.48 bits per heavy atom. The smallest absolute Gasteiger partial charge is 0.409 e. The van der Waals surface area contributed by atoms with Gasteiger partial charge in [0.1, 0.15) is 0 Å². The lowest BCUT2D eigenvalue weighted by Crippen LogP contribution is -2.49. The monoisotopic (exact) mass is 480 g/mol. The molecule has 182 valence electrons. The fraction of sp³-hybridized carbons (Fsp3) is 0.591. The van der Waals surface area contributed by atoms with Gasteiger partial charge in [-0.3, -0.25) is 9.59 Å². The van der Waals surface area contributed by atoms with Crippen molar-refractivity contribution in [2.75, 3.05) is 45.2 Å². The maximum atomic E-state index is 13.1. The predicted molar refractivity (Wildman–Crippen MR) is 122 cm³/mol. The Bertz CT molecular complexity index is 1050. The van der Waals surface area contributed by atoms with Crippen molar-refractivity contribution in [2.45, 2.75) is 50.0 Å². The first-order valence-corrected chi connectivity index (χ1v) is 12.4. The third kappa shape index (κ3) is 4.84. The van der Waals surface area contributed by atoms with E-state index in [1.807, 2.05) is 0 Å². The first kappa shape index (κ1) is 25.0. The van der Waals surface area contributed by atoms with Crippen LogP contribution >= 0.6 is 0 Å². The summed E-state index contributed by atoms with van der Waals surface area (Å²) in [5, 5.41) is 2.86. The average molecular weight is 481 g/mol. The van der Waals surface area contributed by atoms with Gasteiger partial charge in [-0.2, -0.15) is 4.31 Å². The van der Waals surface area contributed by atoms with Crippen molar-refractivity contribution >= 4 is 33.6 Å². The van der Waals surface area contributed by atoms with Crippen LogP contribution in [0.3, 0.4) is 0 Å². The lowest BCUT2D eigenvalue weighted by atomic mass is 9.86. The maximum Gasteiger partial charge on any atom is 0.409 e. The van der Waals surface area contributed by atoms with Crippen LogP contribution < -0.4 is 10.2 Å². The summed E-state index contributed by atoms with van der Waals surface area (Å²) >= 11 is 0. The van der Waals surface area contributed by atoms with E-state index < -0.39 is 21.3 Å². The maximum absolute atomic E-state index is 13.1. The number of carbonyl (C=O) groups excluding carboxylic acids is 3. The predicted octanol–water partition coefficient (Wildman–Crippen LogP) is 1.30. The van der Waals surface area contributed by atoms with E-state index in [-0.39, 0.29) is 29.5 Å². The Hall–Kier alpha value is -2.66. The van der Waals surface area contributed by atoms with Gasteiger partial charge in [0.05, 0.1) is 23.5 Å². The number of benzene rings is 1. The SMILES string of the molecule is CCOC(=O)N1CCC(NC(=O)CN(C)S(=O)(=O)c2ccc3c(c2)C(C)(C)C(=O)N3C)CC1. The molecule has 3 rings (SSSR count). The van der Waals surface area contributed by atoms with E-state index >= 15 is 0 Å². The second-order valence-corrected chi connectivity index (χ2v) is 11.0. The van der Waals surface area contributed by atoms with E-state index in [1.54, 1.807) is 38.8 Å². The Morgan fingerprint density at radius 2 is 1.88 bits per heavy atom. The zero-order valence-corrected chi connectivity index (χ0v) is 20.6. The summed E-state index contributed by atoms with van der Waals surface area (Å²) in [5.74, 6) is -0.513. The first-order chi connectivity index (χ1) is 15.4. The van der Waals surface area contributed by atoms with E-state index in [0.717, 1.165) is 4.31 Å². The number of likely N-dealkylation sites (N-methyl/N-ethyl adjacent to an activating group) is 2. The number of nitrogens with zero attached hydrogens (tertiary/aromatic N) is 3. The molecule has 1 aromatic carbocycles. The molecule has 1 saturated heterocycles. The summed E-state index contributed by atoms with van der Waals surface area (Å²) < 4.78 is 32.2. The minimum absolute atomic E-state index is 0.0375. The number of carbonyl (C=O) groups is 3. The van der Waals surface area contributed by atoms with E-state index in [1.165, 1.54) is 24.1 Å². The van der Waals surface area contributed by atoms with Crippen molar-refractivity contribution < 1.29 is 27.5 Å². The Labute approximate surface area is 194 Å². The van der Waals surface area contributed by atoms with Gasteiger partial charge in [-0.1, -0.05) is 0 Å². The third-order valence-electron chi connectivity index (χ3n) is 6.30. The lowest BCUT2D eigenvalue weighted by molar-refractivity contribution is -0.122. The van der Waals surface area contributed by atoms with Gasteiger partial charge < -0.3 is 19.9 Å². The van der Waals surface area contributed by atoms with Crippen LogP contribution in [0.5, 0.6) is 0 Å². The van der Waals surface area contributed by atoms with Gasteiger partial charge in [0.15, 0.2) is 0 Å². The minimum atomic E-state index is -3.93. The number of hydrogen-bond acceptors (Lipinski definition) is 6. The second-order valence-electron chi connectivity index (χ2n) is 8.96. The number of piperidine rings is 1. The second kappa shape index (κ2) is 9.30. The van der Waals surface area contributed by atoms with Crippen LogP contribution in [0.2, 0.25) is 0 Å². The fourth-order valence-electron chi connectivity index (χ4n) is 4.27. The normalized spacial score (nSPS) is 18.4. The summed E-state index contributed by atoms with van der Waals surface area (Å²) in [4.78, 5) is 40.0. The van der Waals surface area contributed by atoms with Gasteiger partial charge in [-0.05, 0) is 57.4 Å². The molecule has 0 radical (unpaired) electrons. The van der Waals surface area contributed by atoms with E-state index in [4.69, 9.17) is 4.74 Å². The molecular weight excluding hydrogens is 448 g/mol. The highest BCUT2D eigenvalue weighted by Gasteiger charge is 2.43. The van der Waals surface area contributed by atoms with Gasteiger partial charge in [0, 0.05) is 38.9 Å². The van der Waals surface area contributed by atoms with Gasteiger partial charge in [0.25, 0.3) is 0 Å². The molecule has 0 unspecified atom stereocenters. The highest BCUT2D eigenvalue weighted by molar-refractivity contribution is 7.89. The van der Waals surface area contributed by atoms with Crippen molar-refractivity contribution in [1.82, 2.24) is 14.5 Å². The number of fused-ring (bicyclic) bond motifs is 1. The van der Waals surface area contributed by atoms with E-state index in [0.29, 0.717) is 43.8 Å². The average Bonchev–Trinajstić information content (AvgIpc) is 2.94. The molecule has 0 aromatic heterocycles. The minimum Gasteiger partial charge on any atom is -0.450 e. The summed E-state index contributed by atoms with van der Waals surface area (Å²) in [5.41, 5.74) is 0.491. The summed E-state index contributed by atoms with van der Waals surface area (Å²) in [6.07, 6.45) is 0.781. The Kier molecular flexibility index (Phi) is 7.04. The molecule has 0 bridgehead atoms. The molecule has 0 saturated carbocycles. The number of nitrogens with one attached hydrogen (secondary N) is 1. The fourth-order valence-corrected chi connectivity index (χ4v) is 5.43. The highest BCUT2D eigenvalue weighted by Crippen LogP contribution is 2.41. The molecule has 2 aliphatic rings. The summed E-state index contributed by atoms with van der Waals surface area (Å²) in [7, 11) is -0.915. The van der Waals surface area contributed by atoms with Gasteiger partial charge >= 0.3 is 6.09 Å². The number of anilines is 1. The van der Waals surface area contributed by atoms with Crippen LogP contribution in [-0.2, 0) is 29.8 Å². The zero-order chi connectivity index (χ0) is 24.6. The van der Waals surface area contributed by atoms with Crippen LogP contribution in [0.1, 0.15) is 39.2 Å². The molecule has 1 N–H and O–H groups in total. The van der Waals surface area contributed by atoms with Crippen molar-refractivity contribution in [3.8, 4) is 0 Å². The number of likely N-dealkylation sites (tertiary alicyclic amines) is 1. The van der Waals surface area contributed by atoms with Gasteiger partial charge in [0.2, 0.25) is 21.8 Å². The van der Waals surface area contributed by atoms with Crippen LogP contribution in [0.4, 0.5) is 10.5 Å². The zero-order valence-electron chi connectivity index (χ0n) is 19.8. The molecule has 2 heterocycles. The largest absolute Gasteiger partial charge is 0.450 e. The molecular formula is C22H32N4O6S. The van der Waals surface area contributed by atoms with Crippen molar-refractivity contribution in [2.24, 2.45) is 0 Å². The molecule has 1 fully saturated rings. The number of amides is 3. The van der Waals surface area contributed by atoms with Gasteiger partial charge in [-0.25, -0.2) is 13.2 Å². The summed E-state index contributed by atoms with van der Waals surface area (Å²) in [6, 6.07) is 4.46. The molecule has 1 aromatic rings. The molecule has 10 nitrogen and oxygen atoms in total. The number of rotatable bonds is 6. The van der Waals surface area contributed by atoms with Crippen LogP contribution in [0.25, 0.3) is 0 Å². The molecule has 33 heavy (non-hydrogen) atoms. The van der Waals surface area contributed by atoms with Crippen LogP contribution in [0.15, 0.2) is 23.1 Å². The molecule has 3 amide bonds. The first-order valence-electron chi connectivity index (χ1n) is 11.0. The van der Waals surface area contributed by atoms with E-state index in [9.17, 15) is 22.8 Å². The number of hydrogen-bond donors (Lipinski definition) is 1. The topological polar surface area (TPSA) is 116 Å². The lowest BCUT2D eigenvalue weighted by Gasteiger charge is -2.31. The molecule has 2 aliphatic heterocycles. The van der Waals surface area contributed by atoms with Gasteiger partial charge in [-0.15, -0.1) is 0 Å². The molecule has 11 heteroatoms. The molecule has 0 aliphatic carbocycles. The summed E-state index contributed by atoms with van der Waals surface area (Å²) in [6.45, 7) is 6.19. The van der Waals surface area contributed by atoms with E-state index in [2.05, 4.69) is 5.32 Å². The third-order valence-corrected chi connectivity index (χ3v) is 8.10. The van der Waals surface area contributed by atoms with Crippen LogP contribution in [-0.4, -0.2) is 81.9 Å². The van der Waals surface area contributed by atoms with Crippen molar-refractivity contribution in [1.29, 1.82) is 0 Å². The number of ether oxygens (including phenoxy) is 1. The Morgan fingerprint density at radius 1 is 1.24 bits per heavy atom. The van der Waals surface area contributed by atoms with Crippen molar-refractivity contribution in [3.05, 3.63) is 23.8 Å². The van der Waals surface area contributed by atoms with Crippen LogP contribution in [0, 0.1) is 0 Å².